The van der Waals surface area contributed by atoms with E-state index in [1.165, 1.54) is 31.4 Å². The smallest absolute Gasteiger partial charge is 0.337 e. The van der Waals surface area contributed by atoms with Crippen molar-refractivity contribution < 1.29 is 28.7 Å². The topological polar surface area (TPSA) is 135 Å². The molecule has 0 aromatic heterocycles. The highest BCUT2D eigenvalue weighted by Gasteiger charge is 2.44. The van der Waals surface area contributed by atoms with Crippen LogP contribution in [0.2, 0.25) is 5.02 Å². The molecule has 0 radical (unpaired) electrons. The number of esters is 2. The van der Waals surface area contributed by atoms with Crippen LogP contribution in [0.15, 0.2) is 59.1 Å². The van der Waals surface area contributed by atoms with Crippen molar-refractivity contribution in [2.75, 3.05) is 25.3 Å². The van der Waals surface area contributed by atoms with Crippen molar-refractivity contribution >= 4 is 52.8 Å². The minimum atomic E-state index is -1.33. The van der Waals surface area contributed by atoms with Gasteiger partial charge in [-0.15, -0.1) is 0 Å². The SMILES string of the molecule is COC(=O)c1ccc([C@H]2C(C#N)=C(SCC(=O)Nc3ccccc3Cl)NC(=O)[C@@H]2C(=O)OC)cc1. The molecule has 9 nitrogen and oxygen atoms in total. The molecule has 1 aliphatic heterocycles. The third-order valence-corrected chi connectivity index (χ3v) is 6.52. The Balaban J connectivity index is 1.92. The highest BCUT2D eigenvalue weighted by Crippen LogP contribution is 2.40. The molecule has 3 rings (SSSR count). The number of nitrogens with one attached hydrogen (secondary N) is 2. The molecule has 35 heavy (non-hydrogen) atoms. The Hall–Kier alpha value is -3.81. The molecule has 1 heterocycles. The molecule has 1 aliphatic rings. The molecule has 180 valence electrons. The Labute approximate surface area is 210 Å². The molecule has 0 spiro atoms. The summed E-state index contributed by atoms with van der Waals surface area (Å²) >= 11 is 7.01. The number of anilines is 1. The summed E-state index contributed by atoms with van der Waals surface area (Å²) < 4.78 is 9.50. The number of halogens is 1. The Kier molecular flexibility index (Phi) is 8.52. The maximum Gasteiger partial charge on any atom is 0.337 e. The number of methoxy groups -OCH3 is 2. The molecule has 11 heteroatoms. The van der Waals surface area contributed by atoms with E-state index in [0.29, 0.717) is 16.3 Å². The Morgan fingerprint density at radius 2 is 1.80 bits per heavy atom. The summed E-state index contributed by atoms with van der Waals surface area (Å²) in [5, 5.41) is 15.7. The summed E-state index contributed by atoms with van der Waals surface area (Å²) in [6, 6.07) is 14.8. The van der Waals surface area contributed by atoms with Crippen molar-refractivity contribution in [1.29, 1.82) is 5.26 Å². The number of amides is 2. The number of carbonyl (C=O) groups is 4. The second kappa shape index (κ2) is 11.6. The number of carbonyl (C=O) groups excluding carboxylic acids is 4. The number of ether oxygens (including phenoxy) is 2. The number of nitrogens with zero attached hydrogens (tertiary/aromatic N) is 1. The lowest BCUT2D eigenvalue weighted by atomic mass is 9.78. The zero-order valence-electron chi connectivity index (χ0n) is 18.7. The number of benzene rings is 2. The van der Waals surface area contributed by atoms with Gasteiger partial charge in [0.15, 0.2) is 0 Å². The van der Waals surface area contributed by atoms with Crippen LogP contribution in [0.1, 0.15) is 21.8 Å². The first kappa shape index (κ1) is 25.8. The maximum atomic E-state index is 12.9. The van der Waals surface area contributed by atoms with Crippen molar-refractivity contribution in [1.82, 2.24) is 5.32 Å². The van der Waals surface area contributed by atoms with Crippen LogP contribution in [0.4, 0.5) is 5.69 Å². The van der Waals surface area contributed by atoms with Crippen molar-refractivity contribution in [3.05, 3.63) is 75.3 Å². The van der Waals surface area contributed by atoms with Crippen molar-refractivity contribution in [3.63, 3.8) is 0 Å². The Morgan fingerprint density at radius 3 is 2.40 bits per heavy atom. The quantitative estimate of drug-likeness (QED) is 0.425. The highest BCUT2D eigenvalue weighted by molar-refractivity contribution is 8.03. The number of hydrogen-bond donors (Lipinski definition) is 2. The number of nitriles is 1. The van der Waals surface area contributed by atoms with Crippen LogP contribution < -0.4 is 10.6 Å². The third-order valence-electron chi connectivity index (χ3n) is 5.17. The van der Waals surface area contributed by atoms with E-state index in [0.717, 1.165) is 18.9 Å². The summed E-state index contributed by atoms with van der Waals surface area (Å²) in [7, 11) is 2.39. The molecule has 0 saturated carbocycles. The van der Waals surface area contributed by atoms with E-state index in [9.17, 15) is 24.4 Å². The fraction of sp³-hybridized carbons (Fsp3) is 0.208. The monoisotopic (exact) mass is 513 g/mol. The van der Waals surface area contributed by atoms with Gasteiger partial charge in [0.1, 0.15) is 5.92 Å². The van der Waals surface area contributed by atoms with Crippen molar-refractivity contribution in [2.24, 2.45) is 5.92 Å². The van der Waals surface area contributed by atoms with Gasteiger partial charge in [-0.2, -0.15) is 5.26 Å². The van der Waals surface area contributed by atoms with Crippen LogP contribution >= 0.6 is 23.4 Å². The van der Waals surface area contributed by atoms with Crippen molar-refractivity contribution in [3.8, 4) is 6.07 Å². The molecule has 0 bridgehead atoms. The average Bonchev–Trinajstić information content (AvgIpc) is 2.87. The first-order valence-electron chi connectivity index (χ1n) is 10.2. The molecule has 0 unspecified atom stereocenters. The van der Waals surface area contributed by atoms with Crippen molar-refractivity contribution in [2.45, 2.75) is 5.92 Å². The van der Waals surface area contributed by atoms with E-state index in [2.05, 4.69) is 16.7 Å². The maximum absolute atomic E-state index is 12.9. The van der Waals surface area contributed by atoms with Crippen LogP contribution in [0.3, 0.4) is 0 Å². The second-order valence-corrected chi connectivity index (χ2v) is 8.65. The zero-order chi connectivity index (χ0) is 25.5. The highest BCUT2D eigenvalue weighted by atomic mass is 35.5. The largest absolute Gasteiger partial charge is 0.468 e. The number of rotatable bonds is 7. The van der Waals surface area contributed by atoms with E-state index in [1.807, 2.05) is 0 Å². The molecular formula is C24H20ClN3O6S. The van der Waals surface area contributed by atoms with Gasteiger partial charge in [-0.05, 0) is 29.8 Å². The number of thioether (sulfide) groups is 1. The van der Waals surface area contributed by atoms with Gasteiger partial charge in [0.05, 0.1) is 52.9 Å². The summed E-state index contributed by atoms with van der Waals surface area (Å²) in [6.07, 6.45) is 0. The Morgan fingerprint density at radius 1 is 1.11 bits per heavy atom. The van der Waals surface area contributed by atoms with Gasteiger partial charge in [0.2, 0.25) is 11.8 Å². The molecule has 2 amide bonds. The van der Waals surface area contributed by atoms with E-state index in [1.54, 1.807) is 24.3 Å². The number of hydrogen-bond acceptors (Lipinski definition) is 8. The van der Waals surface area contributed by atoms with Crippen LogP contribution in [0.5, 0.6) is 0 Å². The molecule has 2 atom stereocenters. The second-order valence-electron chi connectivity index (χ2n) is 7.25. The van der Waals surface area contributed by atoms with E-state index >= 15 is 0 Å². The Bertz CT molecular complexity index is 1240. The fourth-order valence-corrected chi connectivity index (χ4v) is 4.54. The van der Waals surface area contributed by atoms with Gasteiger partial charge in [-0.1, -0.05) is 47.6 Å². The summed E-state index contributed by atoms with van der Waals surface area (Å²) in [4.78, 5) is 49.6. The standard InChI is InChI=1S/C24H20ClN3O6S/c1-33-23(31)14-9-7-13(8-10-14)19-15(11-26)22(28-21(30)20(19)24(32)34-2)35-12-18(29)27-17-6-4-3-5-16(17)25/h3-10,19-20H,12H2,1-2H3,(H,27,29)(H,28,30)/t19-,20+/m0/s1. The summed E-state index contributed by atoms with van der Waals surface area (Å²) in [5.41, 5.74) is 1.22. The van der Waals surface area contributed by atoms with Gasteiger partial charge in [-0.3, -0.25) is 14.4 Å². The van der Waals surface area contributed by atoms with Crippen LogP contribution in [-0.2, 0) is 23.9 Å². The minimum absolute atomic E-state index is 0.0846. The lowest BCUT2D eigenvalue weighted by Gasteiger charge is -2.31. The van der Waals surface area contributed by atoms with Gasteiger partial charge >= 0.3 is 11.9 Å². The summed E-state index contributed by atoms with van der Waals surface area (Å²) in [5.74, 6) is -4.91. The molecule has 2 aromatic rings. The predicted molar refractivity (Wildman–Crippen MR) is 129 cm³/mol. The average molecular weight is 514 g/mol. The molecule has 0 aliphatic carbocycles. The first-order valence-corrected chi connectivity index (χ1v) is 11.6. The van der Waals surface area contributed by atoms with E-state index < -0.39 is 35.6 Å². The van der Waals surface area contributed by atoms with Gasteiger partial charge in [0, 0.05) is 5.92 Å². The van der Waals surface area contributed by atoms with E-state index in [-0.39, 0.29) is 21.9 Å². The van der Waals surface area contributed by atoms with Crippen LogP contribution in [0.25, 0.3) is 0 Å². The molecular weight excluding hydrogens is 494 g/mol. The zero-order valence-corrected chi connectivity index (χ0v) is 20.2. The molecule has 0 fully saturated rings. The number of para-hydroxylation sites is 1. The van der Waals surface area contributed by atoms with Crippen LogP contribution in [-0.4, -0.2) is 43.7 Å². The lowest BCUT2D eigenvalue weighted by molar-refractivity contribution is -0.150. The normalized spacial score (nSPS) is 17.1. The number of allylic oxidation sites excluding steroid dienone is 1. The van der Waals surface area contributed by atoms with Gasteiger partial charge in [-0.25, -0.2) is 4.79 Å². The van der Waals surface area contributed by atoms with Gasteiger partial charge in [0.25, 0.3) is 0 Å². The molecule has 2 N–H and O–H groups in total. The van der Waals surface area contributed by atoms with Gasteiger partial charge < -0.3 is 20.1 Å². The predicted octanol–water partition coefficient (Wildman–Crippen LogP) is 3.24. The molecule has 2 aromatic carbocycles. The lowest BCUT2D eigenvalue weighted by Crippen LogP contribution is -2.44. The third kappa shape index (κ3) is 5.82. The minimum Gasteiger partial charge on any atom is -0.468 e. The summed E-state index contributed by atoms with van der Waals surface area (Å²) in [6.45, 7) is 0. The van der Waals surface area contributed by atoms with Crippen LogP contribution in [0, 0.1) is 17.2 Å². The first-order chi connectivity index (χ1) is 16.8. The molecule has 0 saturated heterocycles. The fourth-order valence-electron chi connectivity index (χ4n) is 3.51. The van der Waals surface area contributed by atoms with E-state index in [4.69, 9.17) is 21.1 Å².